The predicted octanol–water partition coefficient (Wildman–Crippen LogP) is 1.94. The summed E-state index contributed by atoms with van der Waals surface area (Å²) in [5.74, 6) is 0.621. The van der Waals surface area contributed by atoms with Gasteiger partial charge in [0.05, 0.1) is 32.2 Å². The molecule has 0 fully saturated rings. The summed E-state index contributed by atoms with van der Waals surface area (Å²) in [5.41, 5.74) is 3.66. The van der Waals surface area contributed by atoms with Crippen molar-refractivity contribution in [2.75, 3.05) is 20.3 Å². The van der Waals surface area contributed by atoms with E-state index in [1.165, 1.54) is 16.6 Å². The molecule has 0 atom stereocenters. The number of hydrogen-bond acceptors (Lipinski definition) is 4. The zero-order valence-corrected chi connectivity index (χ0v) is 14.7. The normalized spacial score (nSPS) is 15.3. The molecule has 3 rings (SSSR count). The Morgan fingerprint density at radius 2 is 1.95 bits per heavy atom. The van der Waals surface area contributed by atoms with Gasteiger partial charge in [0.2, 0.25) is 5.88 Å². The van der Waals surface area contributed by atoms with E-state index in [2.05, 4.69) is 29.3 Å². The number of pyridine rings is 1. The maximum absolute atomic E-state index is 5.67. The van der Waals surface area contributed by atoms with Crippen LogP contribution in [0.3, 0.4) is 0 Å². The highest BCUT2D eigenvalue weighted by molar-refractivity contribution is 6.88. The highest BCUT2D eigenvalue weighted by atomic mass is 28.3. The lowest BCUT2D eigenvalue weighted by atomic mass is 10.1. The van der Waals surface area contributed by atoms with Crippen LogP contribution in [0, 0.1) is 0 Å². The molecule has 118 valence electrons. The first-order valence-corrected chi connectivity index (χ1v) is 11.2. The molecule has 0 amide bonds. The largest absolute Gasteiger partial charge is 0.481 e. The zero-order chi connectivity index (χ0) is 15.7. The number of nitrogens with zero attached hydrogens (tertiary/aromatic N) is 3. The van der Waals surface area contributed by atoms with Gasteiger partial charge in [0.15, 0.2) is 0 Å². The number of ether oxygens (including phenoxy) is 2. The summed E-state index contributed by atoms with van der Waals surface area (Å²) in [5, 5.41) is 6.27. The lowest BCUT2D eigenvalue weighted by Gasteiger charge is -2.14. The van der Waals surface area contributed by atoms with Crippen LogP contribution in [0.5, 0.6) is 5.88 Å². The molecule has 1 aliphatic rings. The van der Waals surface area contributed by atoms with Crippen molar-refractivity contribution in [1.29, 1.82) is 0 Å². The van der Waals surface area contributed by atoms with Crippen LogP contribution in [0.15, 0.2) is 18.3 Å². The van der Waals surface area contributed by atoms with E-state index in [1.807, 2.05) is 18.3 Å². The van der Waals surface area contributed by atoms with Crippen molar-refractivity contribution in [1.82, 2.24) is 14.8 Å². The predicted molar refractivity (Wildman–Crippen MR) is 89.1 cm³/mol. The van der Waals surface area contributed by atoms with Crippen LogP contribution in [0.2, 0.25) is 19.6 Å². The van der Waals surface area contributed by atoms with E-state index in [9.17, 15) is 0 Å². The van der Waals surface area contributed by atoms with Gasteiger partial charge in [0, 0.05) is 23.5 Å². The number of fused-ring (bicyclic) bond motifs is 1. The maximum atomic E-state index is 5.67. The van der Waals surface area contributed by atoms with Gasteiger partial charge in [0.25, 0.3) is 0 Å². The van der Waals surface area contributed by atoms with Crippen LogP contribution in [-0.2, 0) is 17.6 Å². The number of aromatic nitrogens is 3. The van der Waals surface area contributed by atoms with E-state index < -0.39 is 8.07 Å². The summed E-state index contributed by atoms with van der Waals surface area (Å²) in [4.78, 5) is 4.31. The van der Waals surface area contributed by atoms with Crippen LogP contribution >= 0.6 is 0 Å². The highest BCUT2D eigenvalue weighted by Gasteiger charge is 2.29. The Morgan fingerprint density at radius 1 is 1.18 bits per heavy atom. The van der Waals surface area contributed by atoms with Crippen molar-refractivity contribution in [2.45, 2.75) is 32.5 Å². The second kappa shape index (κ2) is 5.85. The fourth-order valence-corrected chi connectivity index (χ4v) is 4.46. The molecule has 22 heavy (non-hydrogen) atoms. The third-order valence-electron chi connectivity index (χ3n) is 3.95. The second-order valence-electron chi connectivity index (χ2n) is 6.61. The first kappa shape index (κ1) is 15.2. The number of rotatable bonds is 3. The van der Waals surface area contributed by atoms with E-state index in [-0.39, 0.29) is 0 Å². The van der Waals surface area contributed by atoms with Crippen molar-refractivity contribution >= 4 is 13.4 Å². The Balaban J connectivity index is 2.12. The van der Waals surface area contributed by atoms with Crippen molar-refractivity contribution in [3.8, 4) is 11.6 Å². The minimum atomic E-state index is -1.50. The maximum Gasteiger partial charge on any atom is 0.213 e. The van der Waals surface area contributed by atoms with Crippen LogP contribution in [-0.4, -0.2) is 43.2 Å². The lowest BCUT2D eigenvalue weighted by molar-refractivity contribution is 0.145. The van der Waals surface area contributed by atoms with Crippen molar-refractivity contribution in [3.05, 3.63) is 29.6 Å². The van der Waals surface area contributed by atoms with Crippen LogP contribution in [0.1, 0.15) is 11.3 Å². The molecule has 2 aromatic rings. The third-order valence-corrected chi connectivity index (χ3v) is 5.78. The van der Waals surface area contributed by atoms with Crippen LogP contribution in [0.4, 0.5) is 0 Å². The standard InChI is InChI=1S/C16H23N3O2Si/c1-20-15-6-5-12(11-17-15)19-14-8-10-21-9-7-13(14)16(18-19)22(2,3)4/h5-6,11H,7-10H2,1-4H3. The summed E-state index contributed by atoms with van der Waals surface area (Å²) in [7, 11) is 0.130. The molecule has 1 aliphatic heterocycles. The van der Waals surface area contributed by atoms with Gasteiger partial charge in [-0.2, -0.15) is 5.10 Å². The lowest BCUT2D eigenvalue weighted by Crippen LogP contribution is -2.41. The summed E-state index contributed by atoms with van der Waals surface area (Å²) in [6.45, 7) is 8.58. The minimum Gasteiger partial charge on any atom is -0.481 e. The Labute approximate surface area is 132 Å². The SMILES string of the molecule is COc1ccc(-n2nc([Si](C)(C)C)c3c2CCOCC3)cn1. The fourth-order valence-electron chi connectivity index (χ4n) is 2.88. The van der Waals surface area contributed by atoms with Gasteiger partial charge in [-0.25, -0.2) is 9.67 Å². The Bertz CT molecular complexity index is 659. The van der Waals surface area contributed by atoms with Crippen LogP contribution in [0.25, 0.3) is 5.69 Å². The molecule has 0 aromatic carbocycles. The molecule has 6 heteroatoms. The molecular weight excluding hydrogens is 294 g/mol. The third kappa shape index (κ3) is 2.80. The van der Waals surface area contributed by atoms with E-state index in [0.717, 1.165) is 31.7 Å². The molecule has 0 spiro atoms. The van der Waals surface area contributed by atoms with Gasteiger partial charge < -0.3 is 9.47 Å². The minimum absolute atomic E-state index is 0.621. The highest BCUT2D eigenvalue weighted by Crippen LogP contribution is 2.21. The molecule has 0 aliphatic carbocycles. The average Bonchev–Trinajstić information content (AvgIpc) is 2.70. The van der Waals surface area contributed by atoms with Gasteiger partial charge in [0.1, 0.15) is 8.07 Å². The molecule has 0 saturated heterocycles. The van der Waals surface area contributed by atoms with E-state index in [0.29, 0.717) is 5.88 Å². The summed E-state index contributed by atoms with van der Waals surface area (Å²) >= 11 is 0. The monoisotopic (exact) mass is 317 g/mol. The first-order chi connectivity index (χ1) is 10.5. The smallest absolute Gasteiger partial charge is 0.213 e. The van der Waals surface area contributed by atoms with Gasteiger partial charge in [-0.05, 0) is 18.1 Å². The Hall–Kier alpha value is -1.66. The molecule has 5 nitrogen and oxygen atoms in total. The molecule has 3 heterocycles. The van der Waals surface area contributed by atoms with E-state index >= 15 is 0 Å². The first-order valence-electron chi connectivity index (χ1n) is 7.70. The van der Waals surface area contributed by atoms with Crippen molar-refractivity contribution in [2.24, 2.45) is 0 Å². The second-order valence-corrected chi connectivity index (χ2v) is 11.6. The Morgan fingerprint density at radius 3 is 2.59 bits per heavy atom. The molecule has 0 unspecified atom stereocenters. The van der Waals surface area contributed by atoms with Crippen LogP contribution < -0.4 is 10.1 Å². The van der Waals surface area contributed by atoms with Crippen molar-refractivity contribution in [3.63, 3.8) is 0 Å². The fraction of sp³-hybridized carbons (Fsp3) is 0.500. The van der Waals surface area contributed by atoms with Gasteiger partial charge in [-0.3, -0.25) is 0 Å². The van der Waals surface area contributed by atoms with Crippen molar-refractivity contribution < 1.29 is 9.47 Å². The Kier molecular flexibility index (Phi) is 4.05. The quantitative estimate of drug-likeness (QED) is 0.812. The molecule has 0 radical (unpaired) electrons. The molecule has 0 N–H and O–H groups in total. The topological polar surface area (TPSA) is 49.2 Å². The summed E-state index contributed by atoms with van der Waals surface area (Å²) in [6, 6.07) is 3.89. The summed E-state index contributed by atoms with van der Waals surface area (Å²) in [6.07, 6.45) is 3.68. The summed E-state index contributed by atoms with van der Waals surface area (Å²) < 4.78 is 12.9. The zero-order valence-electron chi connectivity index (χ0n) is 13.7. The molecule has 0 bridgehead atoms. The van der Waals surface area contributed by atoms with Gasteiger partial charge in [-0.1, -0.05) is 19.6 Å². The average molecular weight is 317 g/mol. The van der Waals surface area contributed by atoms with E-state index in [1.54, 1.807) is 7.11 Å². The number of hydrogen-bond donors (Lipinski definition) is 0. The molecular formula is C16H23N3O2Si. The molecule has 2 aromatic heterocycles. The number of methoxy groups -OCH3 is 1. The van der Waals surface area contributed by atoms with Gasteiger partial charge in [-0.15, -0.1) is 0 Å². The van der Waals surface area contributed by atoms with E-state index in [4.69, 9.17) is 14.6 Å². The molecule has 0 saturated carbocycles. The van der Waals surface area contributed by atoms with Gasteiger partial charge >= 0.3 is 0 Å².